The minimum atomic E-state index is 0.858. The Morgan fingerprint density at radius 1 is 1.50 bits per heavy atom. The normalized spacial score (nSPS) is 25.6. The van der Waals surface area contributed by atoms with Gasteiger partial charge in [-0.25, -0.2) is 4.98 Å². The number of anilines is 1. The summed E-state index contributed by atoms with van der Waals surface area (Å²) in [5.74, 6) is 2.80. The first kappa shape index (κ1) is 9.50. The number of aromatic nitrogens is 1. The summed E-state index contributed by atoms with van der Waals surface area (Å²) in [7, 11) is 0. The van der Waals surface area contributed by atoms with E-state index in [2.05, 4.69) is 30.2 Å². The summed E-state index contributed by atoms with van der Waals surface area (Å²) in [5, 5.41) is 3.43. The highest BCUT2D eigenvalue weighted by molar-refractivity contribution is 5.42. The van der Waals surface area contributed by atoms with Crippen LogP contribution in [0.15, 0.2) is 18.3 Å². The summed E-state index contributed by atoms with van der Waals surface area (Å²) >= 11 is 0. The van der Waals surface area contributed by atoms with Crippen LogP contribution in [0.5, 0.6) is 0 Å². The van der Waals surface area contributed by atoms with Crippen molar-refractivity contribution >= 4 is 5.82 Å². The van der Waals surface area contributed by atoms with Crippen LogP contribution in [0.2, 0.25) is 0 Å². The zero-order chi connectivity index (χ0) is 9.97. The molecule has 0 aromatic carbocycles. The first-order valence-corrected chi connectivity index (χ1v) is 5.43. The van der Waals surface area contributed by atoms with Crippen molar-refractivity contribution in [3.05, 3.63) is 23.9 Å². The maximum absolute atomic E-state index is 4.32. The third-order valence-corrected chi connectivity index (χ3v) is 3.34. The van der Waals surface area contributed by atoms with Crippen LogP contribution in [-0.4, -0.2) is 11.5 Å². The number of nitrogens with zero attached hydrogens (tertiary/aromatic N) is 1. The molecule has 14 heavy (non-hydrogen) atoms. The Balaban J connectivity index is 1.88. The van der Waals surface area contributed by atoms with Gasteiger partial charge in [-0.15, -0.1) is 0 Å². The Morgan fingerprint density at radius 2 is 2.36 bits per heavy atom. The summed E-state index contributed by atoms with van der Waals surface area (Å²) < 4.78 is 0. The van der Waals surface area contributed by atoms with Crippen LogP contribution in [0, 0.1) is 18.8 Å². The second-order valence-electron chi connectivity index (χ2n) is 4.36. The van der Waals surface area contributed by atoms with Gasteiger partial charge in [0.25, 0.3) is 0 Å². The Morgan fingerprint density at radius 3 is 2.93 bits per heavy atom. The maximum atomic E-state index is 4.32. The molecule has 0 spiro atoms. The van der Waals surface area contributed by atoms with Gasteiger partial charge in [-0.2, -0.15) is 0 Å². The summed E-state index contributed by atoms with van der Waals surface area (Å²) in [5.41, 5.74) is 1.24. The largest absolute Gasteiger partial charge is 0.370 e. The number of nitrogens with one attached hydrogen (secondary N) is 1. The van der Waals surface area contributed by atoms with Crippen LogP contribution in [-0.2, 0) is 0 Å². The van der Waals surface area contributed by atoms with E-state index in [0.29, 0.717) is 0 Å². The van der Waals surface area contributed by atoms with E-state index in [0.717, 1.165) is 24.2 Å². The molecule has 0 saturated heterocycles. The van der Waals surface area contributed by atoms with Crippen molar-refractivity contribution in [2.45, 2.75) is 26.7 Å². The molecule has 2 rings (SSSR count). The topological polar surface area (TPSA) is 24.9 Å². The molecule has 1 saturated carbocycles. The Bertz CT molecular complexity index is 309. The first-order valence-electron chi connectivity index (χ1n) is 5.43. The van der Waals surface area contributed by atoms with Gasteiger partial charge in [0.15, 0.2) is 0 Å². The monoisotopic (exact) mass is 190 g/mol. The van der Waals surface area contributed by atoms with E-state index in [-0.39, 0.29) is 0 Å². The molecule has 1 fully saturated rings. The van der Waals surface area contributed by atoms with E-state index in [9.17, 15) is 0 Å². The lowest BCUT2D eigenvalue weighted by Crippen LogP contribution is -2.30. The molecule has 0 radical (unpaired) electrons. The molecule has 2 nitrogen and oxygen atoms in total. The molecule has 0 unspecified atom stereocenters. The van der Waals surface area contributed by atoms with Crippen molar-refractivity contribution in [1.29, 1.82) is 0 Å². The average Bonchev–Trinajstić information content (AvgIpc) is 2.19. The minimum absolute atomic E-state index is 0.858. The van der Waals surface area contributed by atoms with Gasteiger partial charge in [-0.05, 0) is 36.8 Å². The van der Waals surface area contributed by atoms with Crippen LogP contribution in [0.1, 0.15) is 25.3 Å². The summed E-state index contributed by atoms with van der Waals surface area (Å²) in [6, 6.07) is 4.08. The number of hydrogen-bond acceptors (Lipinski definition) is 2. The van der Waals surface area contributed by atoms with E-state index in [4.69, 9.17) is 0 Å². The fraction of sp³-hybridized carbons (Fsp3) is 0.583. The third-order valence-electron chi connectivity index (χ3n) is 3.34. The SMILES string of the molecule is Cc1cccnc1NC[C@H]1CC[C@@H]1C. The summed E-state index contributed by atoms with van der Waals surface area (Å²) in [6.07, 6.45) is 4.62. The molecule has 1 aromatic rings. The van der Waals surface area contributed by atoms with Gasteiger partial charge >= 0.3 is 0 Å². The fourth-order valence-corrected chi connectivity index (χ4v) is 1.94. The standard InChI is InChI=1S/C12H18N2/c1-9-5-6-11(9)8-14-12-10(2)4-3-7-13-12/h3-4,7,9,11H,5-6,8H2,1-2H3,(H,13,14)/t9-,11+/m0/s1. The lowest BCUT2D eigenvalue weighted by atomic mass is 9.75. The molecule has 0 amide bonds. The average molecular weight is 190 g/mol. The highest BCUT2D eigenvalue weighted by Gasteiger charge is 2.26. The van der Waals surface area contributed by atoms with E-state index < -0.39 is 0 Å². The number of hydrogen-bond donors (Lipinski definition) is 1. The molecular weight excluding hydrogens is 172 g/mol. The van der Waals surface area contributed by atoms with Gasteiger partial charge in [-0.3, -0.25) is 0 Å². The van der Waals surface area contributed by atoms with Gasteiger partial charge in [0.2, 0.25) is 0 Å². The predicted molar refractivity (Wildman–Crippen MR) is 59.4 cm³/mol. The van der Waals surface area contributed by atoms with Crippen molar-refractivity contribution in [2.24, 2.45) is 11.8 Å². The van der Waals surface area contributed by atoms with Gasteiger partial charge in [-0.1, -0.05) is 19.4 Å². The summed E-state index contributed by atoms with van der Waals surface area (Å²) in [4.78, 5) is 4.32. The molecule has 0 aliphatic heterocycles. The Kier molecular flexibility index (Phi) is 2.71. The van der Waals surface area contributed by atoms with E-state index in [1.54, 1.807) is 0 Å². The molecule has 1 aliphatic rings. The molecule has 1 aliphatic carbocycles. The molecule has 76 valence electrons. The van der Waals surface area contributed by atoms with Crippen LogP contribution in [0.3, 0.4) is 0 Å². The quantitative estimate of drug-likeness (QED) is 0.792. The van der Waals surface area contributed by atoms with E-state index in [1.165, 1.54) is 18.4 Å². The van der Waals surface area contributed by atoms with Crippen LogP contribution < -0.4 is 5.32 Å². The molecule has 2 heteroatoms. The van der Waals surface area contributed by atoms with Crippen LogP contribution >= 0.6 is 0 Å². The van der Waals surface area contributed by atoms with Crippen molar-refractivity contribution in [3.63, 3.8) is 0 Å². The van der Waals surface area contributed by atoms with Crippen molar-refractivity contribution in [3.8, 4) is 0 Å². The van der Waals surface area contributed by atoms with Crippen LogP contribution in [0.25, 0.3) is 0 Å². The Labute approximate surface area is 85.7 Å². The number of rotatable bonds is 3. The lowest BCUT2D eigenvalue weighted by Gasteiger charge is -2.34. The third kappa shape index (κ3) is 1.89. The molecule has 1 heterocycles. The zero-order valence-corrected chi connectivity index (χ0v) is 8.96. The highest BCUT2D eigenvalue weighted by Crippen LogP contribution is 2.33. The molecular formula is C12H18N2. The molecule has 1 aromatic heterocycles. The second kappa shape index (κ2) is 3.99. The van der Waals surface area contributed by atoms with E-state index >= 15 is 0 Å². The van der Waals surface area contributed by atoms with Crippen LogP contribution in [0.4, 0.5) is 5.82 Å². The van der Waals surface area contributed by atoms with Crippen molar-refractivity contribution in [1.82, 2.24) is 4.98 Å². The maximum Gasteiger partial charge on any atom is 0.128 e. The first-order chi connectivity index (χ1) is 6.77. The van der Waals surface area contributed by atoms with Gasteiger partial charge in [0.05, 0.1) is 0 Å². The molecule has 1 N–H and O–H groups in total. The van der Waals surface area contributed by atoms with Gasteiger partial charge in [0.1, 0.15) is 5.82 Å². The van der Waals surface area contributed by atoms with Crippen molar-refractivity contribution in [2.75, 3.05) is 11.9 Å². The highest BCUT2D eigenvalue weighted by atomic mass is 15.0. The lowest BCUT2D eigenvalue weighted by molar-refractivity contribution is 0.210. The second-order valence-corrected chi connectivity index (χ2v) is 4.36. The number of aryl methyl sites for hydroxylation is 1. The van der Waals surface area contributed by atoms with Crippen molar-refractivity contribution < 1.29 is 0 Å². The summed E-state index contributed by atoms with van der Waals surface area (Å²) in [6.45, 7) is 5.51. The fourth-order valence-electron chi connectivity index (χ4n) is 1.94. The van der Waals surface area contributed by atoms with E-state index in [1.807, 2.05) is 12.3 Å². The number of pyridine rings is 1. The molecule has 0 bridgehead atoms. The molecule has 2 atom stereocenters. The zero-order valence-electron chi connectivity index (χ0n) is 8.96. The Hall–Kier alpha value is -1.05. The van der Waals surface area contributed by atoms with Gasteiger partial charge in [0, 0.05) is 12.7 Å². The minimum Gasteiger partial charge on any atom is -0.370 e. The van der Waals surface area contributed by atoms with Gasteiger partial charge < -0.3 is 5.32 Å². The predicted octanol–water partition coefficient (Wildman–Crippen LogP) is 2.85. The smallest absolute Gasteiger partial charge is 0.128 e.